The van der Waals surface area contributed by atoms with Crippen molar-refractivity contribution in [1.82, 2.24) is 15.5 Å². The average molecular weight is 546 g/mol. The molecule has 1 aromatic carbocycles. The van der Waals surface area contributed by atoms with Crippen LogP contribution >= 0.6 is 23.2 Å². The number of likely N-dealkylation sites (tertiary alicyclic amines) is 1. The Balaban J connectivity index is 2.04. The van der Waals surface area contributed by atoms with Crippen LogP contribution in [0, 0.1) is 11.3 Å². The van der Waals surface area contributed by atoms with Crippen LogP contribution in [0.4, 0.5) is 9.59 Å². The fourth-order valence-electron chi connectivity index (χ4n) is 4.30. The second-order valence-electron chi connectivity index (χ2n) is 10.7. The van der Waals surface area contributed by atoms with E-state index in [0.29, 0.717) is 24.5 Å². The van der Waals surface area contributed by atoms with E-state index in [-0.39, 0.29) is 24.4 Å². The molecule has 11 heteroatoms. The lowest BCUT2D eigenvalue weighted by Crippen LogP contribution is -2.61. The molecule has 1 saturated heterocycles. The number of nitrogens with one attached hydrogen (secondary N) is 2. The first-order valence-corrected chi connectivity index (χ1v) is 12.8. The number of carbonyl (C=O) groups excluding carboxylic acids is 3. The summed E-state index contributed by atoms with van der Waals surface area (Å²) < 4.78 is 9.66. The zero-order chi connectivity index (χ0) is 27.3. The normalized spacial score (nSPS) is 20.4. The fraction of sp³-hybridized carbons (Fsp3) is 0.640. The van der Waals surface area contributed by atoms with Crippen LogP contribution in [0.2, 0.25) is 5.02 Å². The zero-order valence-corrected chi connectivity index (χ0v) is 23.2. The number of hydrogen-bond donors (Lipinski definition) is 3. The molecule has 3 N–H and O–H groups in total. The van der Waals surface area contributed by atoms with E-state index < -0.39 is 34.8 Å². The molecule has 2 rings (SSSR count). The molecule has 0 saturated carbocycles. The molecule has 9 nitrogen and oxygen atoms in total. The smallest absolute Gasteiger partial charge is 0.426 e. The standard InChI is InChI=1S/C25H37Cl2N3O6/c1-16(2)19(29-21(32)28-13-24(5,6)36-22(33)35-15-26)20(31)30-12-11-25(34,23(3,4)14-30)17-7-9-18(27)10-8-17/h7-10,16,19,34H,11-15H2,1-6H3,(H2,28,29,32). The van der Waals surface area contributed by atoms with Crippen molar-refractivity contribution >= 4 is 41.3 Å². The van der Waals surface area contributed by atoms with Gasteiger partial charge in [-0.15, -0.1) is 0 Å². The number of aliphatic hydroxyl groups is 1. The SMILES string of the molecule is CC(C)C(NC(=O)NCC(C)(C)OC(=O)OCCl)C(=O)N1CCC(O)(c2ccc(Cl)cc2)C(C)(C)C1. The maximum atomic E-state index is 13.5. The first-order chi connectivity index (χ1) is 16.6. The highest BCUT2D eigenvalue weighted by molar-refractivity contribution is 6.30. The van der Waals surface area contributed by atoms with Crippen molar-refractivity contribution < 1.29 is 29.0 Å². The van der Waals surface area contributed by atoms with E-state index >= 15 is 0 Å². The summed E-state index contributed by atoms with van der Waals surface area (Å²) in [6.07, 6.45) is -0.604. The van der Waals surface area contributed by atoms with Gasteiger partial charge in [0.2, 0.25) is 5.91 Å². The summed E-state index contributed by atoms with van der Waals surface area (Å²) in [5.74, 6) is -0.418. The highest BCUT2D eigenvalue weighted by Gasteiger charge is 2.50. The van der Waals surface area contributed by atoms with Crippen LogP contribution in [0.15, 0.2) is 24.3 Å². The molecule has 1 heterocycles. The summed E-state index contributed by atoms with van der Waals surface area (Å²) in [4.78, 5) is 39.3. The van der Waals surface area contributed by atoms with Gasteiger partial charge in [-0.1, -0.05) is 63.0 Å². The van der Waals surface area contributed by atoms with Gasteiger partial charge < -0.3 is 30.1 Å². The Kier molecular flexibility index (Phi) is 9.90. The van der Waals surface area contributed by atoms with E-state index in [0.717, 1.165) is 5.56 Å². The monoisotopic (exact) mass is 545 g/mol. The number of hydrogen-bond acceptors (Lipinski definition) is 6. The number of rotatable bonds is 8. The minimum absolute atomic E-state index is 0.0138. The van der Waals surface area contributed by atoms with Crippen molar-refractivity contribution in [1.29, 1.82) is 0 Å². The number of halogens is 2. The van der Waals surface area contributed by atoms with Gasteiger partial charge in [-0.05, 0) is 43.9 Å². The van der Waals surface area contributed by atoms with E-state index in [4.69, 9.17) is 27.9 Å². The van der Waals surface area contributed by atoms with Gasteiger partial charge in [-0.25, -0.2) is 9.59 Å². The summed E-state index contributed by atoms with van der Waals surface area (Å²) in [7, 11) is 0. The Morgan fingerprint density at radius 3 is 2.33 bits per heavy atom. The summed E-state index contributed by atoms with van der Waals surface area (Å²) in [6.45, 7) is 11.4. The average Bonchev–Trinajstić information content (AvgIpc) is 2.77. The third-order valence-electron chi connectivity index (χ3n) is 6.51. The first kappa shape index (κ1) is 30.0. The molecule has 3 amide bonds. The van der Waals surface area contributed by atoms with Crippen molar-refractivity contribution in [2.45, 2.75) is 65.2 Å². The predicted octanol–water partition coefficient (Wildman–Crippen LogP) is 4.24. The van der Waals surface area contributed by atoms with Crippen LogP contribution in [0.5, 0.6) is 0 Å². The molecule has 2 atom stereocenters. The van der Waals surface area contributed by atoms with E-state index in [9.17, 15) is 19.5 Å². The van der Waals surface area contributed by atoms with Crippen LogP contribution in [-0.4, -0.2) is 65.4 Å². The molecule has 202 valence electrons. The van der Waals surface area contributed by atoms with E-state index in [1.807, 2.05) is 39.8 Å². The minimum atomic E-state index is -1.14. The van der Waals surface area contributed by atoms with E-state index in [1.54, 1.807) is 30.9 Å². The zero-order valence-electron chi connectivity index (χ0n) is 21.7. The fourth-order valence-corrected chi connectivity index (χ4v) is 4.52. The molecule has 0 bridgehead atoms. The molecule has 1 aliphatic rings. The molecule has 1 fully saturated rings. The van der Waals surface area contributed by atoms with Gasteiger partial charge in [0.1, 0.15) is 11.6 Å². The number of urea groups is 1. The largest absolute Gasteiger partial charge is 0.510 e. The van der Waals surface area contributed by atoms with Gasteiger partial charge in [-0.2, -0.15) is 0 Å². The summed E-state index contributed by atoms with van der Waals surface area (Å²) in [5, 5.41) is 17.5. The van der Waals surface area contributed by atoms with Crippen molar-refractivity contribution in [3.05, 3.63) is 34.9 Å². The molecule has 1 aromatic rings. The Labute approximate surface area is 222 Å². The number of ether oxygens (including phenoxy) is 2. The molecule has 2 unspecified atom stereocenters. The lowest BCUT2D eigenvalue weighted by molar-refractivity contribution is -0.155. The third-order valence-corrected chi connectivity index (χ3v) is 6.87. The lowest BCUT2D eigenvalue weighted by Gasteiger charge is -2.51. The number of nitrogens with zero attached hydrogens (tertiary/aromatic N) is 1. The van der Waals surface area contributed by atoms with Crippen LogP contribution in [0.1, 0.15) is 53.5 Å². The quantitative estimate of drug-likeness (QED) is 0.332. The van der Waals surface area contributed by atoms with Gasteiger partial charge in [0.15, 0.2) is 6.07 Å². The third kappa shape index (κ3) is 7.40. The van der Waals surface area contributed by atoms with Crippen LogP contribution in [-0.2, 0) is 19.9 Å². The Morgan fingerprint density at radius 1 is 1.19 bits per heavy atom. The van der Waals surface area contributed by atoms with Crippen molar-refractivity contribution in [3.63, 3.8) is 0 Å². The highest BCUT2D eigenvalue weighted by atomic mass is 35.5. The Hall–Kier alpha value is -2.23. The van der Waals surface area contributed by atoms with E-state index in [1.165, 1.54) is 0 Å². The van der Waals surface area contributed by atoms with Gasteiger partial charge in [0.25, 0.3) is 0 Å². The van der Waals surface area contributed by atoms with Gasteiger partial charge in [0, 0.05) is 23.5 Å². The molecule has 0 spiro atoms. The highest BCUT2D eigenvalue weighted by Crippen LogP contribution is 2.46. The Bertz CT molecular complexity index is 938. The molecule has 0 aromatic heterocycles. The molecule has 36 heavy (non-hydrogen) atoms. The maximum Gasteiger partial charge on any atom is 0.510 e. The number of piperidine rings is 1. The minimum Gasteiger partial charge on any atom is -0.426 e. The van der Waals surface area contributed by atoms with Crippen LogP contribution < -0.4 is 10.6 Å². The van der Waals surface area contributed by atoms with Crippen LogP contribution in [0.25, 0.3) is 0 Å². The molecule has 0 aliphatic carbocycles. The topological polar surface area (TPSA) is 117 Å². The summed E-state index contributed by atoms with van der Waals surface area (Å²) in [5.41, 5.74) is -2.09. The van der Waals surface area contributed by atoms with Gasteiger partial charge in [0.05, 0.1) is 12.1 Å². The number of alkyl halides is 1. The number of amides is 3. The predicted molar refractivity (Wildman–Crippen MR) is 138 cm³/mol. The number of benzene rings is 1. The molecule has 1 aliphatic heterocycles. The van der Waals surface area contributed by atoms with Crippen molar-refractivity contribution in [3.8, 4) is 0 Å². The second kappa shape index (κ2) is 11.9. The van der Waals surface area contributed by atoms with E-state index in [2.05, 4.69) is 15.4 Å². The lowest BCUT2D eigenvalue weighted by atomic mass is 9.66. The summed E-state index contributed by atoms with van der Waals surface area (Å²) >= 11 is 11.4. The summed E-state index contributed by atoms with van der Waals surface area (Å²) in [6, 6.07) is 5.41. The van der Waals surface area contributed by atoms with Crippen molar-refractivity contribution in [2.75, 3.05) is 25.7 Å². The second-order valence-corrected chi connectivity index (χ2v) is 11.3. The van der Waals surface area contributed by atoms with Gasteiger partial charge >= 0.3 is 12.2 Å². The first-order valence-electron chi connectivity index (χ1n) is 11.9. The van der Waals surface area contributed by atoms with Gasteiger partial charge in [-0.3, -0.25) is 4.79 Å². The molecular weight excluding hydrogens is 509 g/mol. The Morgan fingerprint density at radius 2 is 1.81 bits per heavy atom. The maximum absolute atomic E-state index is 13.5. The van der Waals surface area contributed by atoms with Crippen molar-refractivity contribution in [2.24, 2.45) is 11.3 Å². The van der Waals surface area contributed by atoms with Crippen LogP contribution in [0.3, 0.4) is 0 Å². The number of carbonyl (C=O) groups is 3. The molecule has 0 radical (unpaired) electrons. The molecular formula is C25H37Cl2N3O6.